The Hall–Kier alpha value is -1.50. The first kappa shape index (κ1) is 12.9. The van der Waals surface area contributed by atoms with E-state index in [1.54, 1.807) is 4.90 Å². The van der Waals surface area contributed by atoms with E-state index in [0.717, 1.165) is 45.2 Å². The molecule has 0 radical (unpaired) electrons. The predicted molar refractivity (Wildman–Crippen MR) is 68.6 cm³/mol. The first-order chi connectivity index (χ1) is 8.74. The molecule has 4 heteroatoms. The molecule has 0 bridgehead atoms. The van der Waals surface area contributed by atoms with Gasteiger partial charge in [0.25, 0.3) is 0 Å². The minimum atomic E-state index is -0.187. The van der Waals surface area contributed by atoms with Crippen LogP contribution in [-0.4, -0.2) is 47.3 Å². The molecule has 0 spiro atoms. The van der Waals surface area contributed by atoms with Crippen LogP contribution in [0.5, 0.6) is 0 Å². The molecule has 0 saturated carbocycles. The van der Waals surface area contributed by atoms with Crippen molar-refractivity contribution in [2.24, 2.45) is 0 Å². The van der Waals surface area contributed by atoms with Crippen molar-refractivity contribution in [2.75, 3.05) is 19.6 Å². The lowest BCUT2D eigenvalue weighted by atomic mass is 10.2. The van der Waals surface area contributed by atoms with Crippen LogP contribution in [0.25, 0.3) is 0 Å². The van der Waals surface area contributed by atoms with Gasteiger partial charge in [0.05, 0.1) is 0 Å². The van der Waals surface area contributed by atoms with Crippen LogP contribution in [0.4, 0.5) is 0 Å². The van der Waals surface area contributed by atoms with Crippen LogP contribution in [0.3, 0.4) is 0 Å². The zero-order chi connectivity index (χ0) is 13.0. The summed E-state index contributed by atoms with van der Waals surface area (Å²) in [5.74, 6) is 2.88. The number of carbonyl (C=O) groups is 2. The van der Waals surface area contributed by atoms with E-state index in [-0.39, 0.29) is 17.9 Å². The third kappa shape index (κ3) is 2.66. The molecule has 1 atom stereocenters. The third-order valence-corrected chi connectivity index (χ3v) is 3.76. The van der Waals surface area contributed by atoms with Gasteiger partial charge in [0.2, 0.25) is 11.8 Å². The maximum Gasteiger partial charge on any atom is 0.245 e. The molecule has 98 valence electrons. The summed E-state index contributed by atoms with van der Waals surface area (Å²) in [6.45, 7) is 2.05. The predicted octanol–water partition coefficient (Wildman–Crippen LogP) is 1.01. The third-order valence-electron chi connectivity index (χ3n) is 3.76. The van der Waals surface area contributed by atoms with Gasteiger partial charge in [0, 0.05) is 32.5 Å². The largest absolute Gasteiger partial charge is 0.340 e. The number of rotatable bonds is 4. The molecule has 2 rings (SSSR count). The van der Waals surface area contributed by atoms with Crippen molar-refractivity contribution in [3.63, 3.8) is 0 Å². The Morgan fingerprint density at radius 3 is 2.89 bits per heavy atom. The van der Waals surface area contributed by atoms with Gasteiger partial charge in [0.15, 0.2) is 0 Å². The molecule has 0 aromatic heterocycles. The minimum Gasteiger partial charge on any atom is -0.340 e. The van der Waals surface area contributed by atoms with E-state index in [1.807, 2.05) is 4.90 Å². The van der Waals surface area contributed by atoms with E-state index >= 15 is 0 Å². The topological polar surface area (TPSA) is 40.6 Å². The van der Waals surface area contributed by atoms with Gasteiger partial charge in [-0.2, -0.15) is 0 Å². The molecular weight excluding hydrogens is 228 g/mol. The molecule has 4 nitrogen and oxygen atoms in total. The standard InChI is InChI=1S/C14H20N2O2/c1-2-3-4-5-9-15-11-8-13(17)16-10-6-7-12(16)14(15)18/h1,12H,3-11H2. The fraction of sp³-hybridized carbons (Fsp3) is 0.714. The van der Waals surface area contributed by atoms with Crippen molar-refractivity contribution in [1.82, 2.24) is 9.80 Å². The molecule has 2 heterocycles. The summed E-state index contributed by atoms with van der Waals surface area (Å²) in [6, 6.07) is -0.187. The lowest BCUT2D eigenvalue weighted by molar-refractivity contribution is -0.139. The summed E-state index contributed by atoms with van der Waals surface area (Å²) < 4.78 is 0. The average molecular weight is 248 g/mol. The Bertz CT molecular complexity index is 372. The van der Waals surface area contributed by atoms with Crippen molar-refractivity contribution < 1.29 is 9.59 Å². The minimum absolute atomic E-state index is 0.136. The number of hydrogen-bond acceptors (Lipinski definition) is 2. The van der Waals surface area contributed by atoms with Gasteiger partial charge in [-0.25, -0.2) is 0 Å². The second-order valence-corrected chi connectivity index (χ2v) is 4.98. The molecule has 0 aromatic rings. The summed E-state index contributed by atoms with van der Waals surface area (Å²) in [5.41, 5.74) is 0. The van der Waals surface area contributed by atoms with Gasteiger partial charge in [-0.1, -0.05) is 0 Å². The fourth-order valence-electron chi connectivity index (χ4n) is 2.77. The van der Waals surface area contributed by atoms with E-state index in [0.29, 0.717) is 13.0 Å². The van der Waals surface area contributed by atoms with Crippen LogP contribution in [0.1, 0.15) is 38.5 Å². The monoisotopic (exact) mass is 248 g/mol. The summed E-state index contributed by atoms with van der Waals surface area (Å²) in [5, 5.41) is 0. The first-order valence-electron chi connectivity index (χ1n) is 6.76. The Morgan fingerprint density at radius 1 is 1.28 bits per heavy atom. The number of nitrogens with zero attached hydrogens (tertiary/aromatic N) is 2. The number of fused-ring (bicyclic) bond motifs is 1. The molecule has 0 aromatic carbocycles. The smallest absolute Gasteiger partial charge is 0.245 e. The molecule has 2 fully saturated rings. The van der Waals surface area contributed by atoms with Gasteiger partial charge in [-0.3, -0.25) is 9.59 Å². The number of unbranched alkanes of at least 4 members (excludes halogenated alkanes) is 2. The first-order valence-corrected chi connectivity index (χ1v) is 6.76. The second-order valence-electron chi connectivity index (χ2n) is 4.98. The molecule has 2 amide bonds. The maximum absolute atomic E-state index is 12.3. The van der Waals surface area contributed by atoms with Crippen molar-refractivity contribution in [1.29, 1.82) is 0 Å². The Kier molecular flexibility index (Phi) is 4.24. The maximum atomic E-state index is 12.3. The summed E-state index contributed by atoms with van der Waals surface area (Å²) >= 11 is 0. The van der Waals surface area contributed by atoms with Gasteiger partial charge >= 0.3 is 0 Å². The molecule has 0 N–H and O–H groups in total. The summed E-state index contributed by atoms with van der Waals surface area (Å²) in [7, 11) is 0. The van der Waals surface area contributed by atoms with Crippen molar-refractivity contribution >= 4 is 11.8 Å². The molecule has 2 saturated heterocycles. The van der Waals surface area contributed by atoms with Crippen molar-refractivity contribution in [3.05, 3.63) is 0 Å². The highest BCUT2D eigenvalue weighted by molar-refractivity contribution is 5.90. The van der Waals surface area contributed by atoms with Gasteiger partial charge in [0.1, 0.15) is 6.04 Å². The summed E-state index contributed by atoms with van der Waals surface area (Å²) in [6.07, 6.45) is 10.1. The molecule has 2 aliphatic heterocycles. The Morgan fingerprint density at radius 2 is 2.11 bits per heavy atom. The Labute approximate surface area is 108 Å². The van der Waals surface area contributed by atoms with E-state index < -0.39 is 0 Å². The molecule has 0 aliphatic carbocycles. The lowest BCUT2D eigenvalue weighted by Gasteiger charge is -2.25. The van der Waals surface area contributed by atoms with E-state index in [1.165, 1.54) is 0 Å². The highest BCUT2D eigenvalue weighted by Crippen LogP contribution is 2.23. The van der Waals surface area contributed by atoms with Crippen LogP contribution in [0.15, 0.2) is 0 Å². The molecule has 2 aliphatic rings. The van der Waals surface area contributed by atoms with Gasteiger partial charge in [-0.05, 0) is 25.7 Å². The quantitative estimate of drug-likeness (QED) is 0.550. The molecule has 1 unspecified atom stereocenters. The fourth-order valence-corrected chi connectivity index (χ4v) is 2.77. The summed E-state index contributed by atoms with van der Waals surface area (Å²) in [4.78, 5) is 27.8. The van der Waals surface area contributed by atoms with Gasteiger partial charge in [-0.15, -0.1) is 12.3 Å². The SMILES string of the molecule is C#CCCCCN1CCC(=O)N2CCCC2C1=O. The lowest BCUT2D eigenvalue weighted by Crippen LogP contribution is -2.43. The highest BCUT2D eigenvalue weighted by atomic mass is 16.2. The zero-order valence-corrected chi connectivity index (χ0v) is 10.7. The van der Waals surface area contributed by atoms with E-state index in [9.17, 15) is 9.59 Å². The molecular formula is C14H20N2O2. The van der Waals surface area contributed by atoms with Crippen LogP contribution in [0.2, 0.25) is 0 Å². The van der Waals surface area contributed by atoms with Crippen LogP contribution in [0, 0.1) is 12.3 Å². The van der Waals surface area contributed by atoms with Gasteiger partial charge < -0.3 is 9.80 Å². The number of amides is 2. The second kappa shape index (κ2) is 5.90. The number of carbonyl (C=O) groups excluding carboxylic acids is 2. The molecule has 18 heavy (non-hydrogen) atoms. The van der Waals surface area contributed by atoms with Crippen LogP contribution in [-0.2, 0) is 9.59 Å². The Balaban J connectivity index is 1.93. The van der Waals surface area contributed by atoms with Crippen LogP contribution < -0.4 is 0 Å². The normalized spacial score (nSPS) is 23.8. The van der Waals surface area contributed by atoms with E-state index in [4.69, 9.17) is 6.42 Å². The zero-order valence-electron chi connectivity index (χ0n) is 10.7. The van der Waals surface area contributed by atoms with Crippen molar-refractivity contribution in [2.45, 2.75) is 44.6 Å². The van der Waals surface area contributed by atoms with Crippen LogP contribution >= 0.6 is 0 Å². The average Bonchev–Trinajstić information content (AvgIpc) is 2.82. The number of terminal acetylenes is 1. The highest BCUT2D eigenvalue weighted by Gasteiger charge is 2.38. The van der Waals surface area contributed by atoms with E-state index in [2.05, 4.69) is 5.92 Å². The number of hydrogen-bond donors (Lipinski definition) is 0. The van der Waals surface area contributed by atoms with Crippen molar-refractivity contribution in [3.8, 4) is 12.3 Å².